The molecule has 1 atom stereocenters. The first-order chi connectivity index (χ1) is 11.1. The van der Waals surface area contributed by atoms with Crippen LogP contribution in [0.25, 0.3) is 0 Å². The standard InChI is InChI=1S/C18H20FNO2S/c19-16-9-7-8-15(14-16)18-12-5-2-6-13-20(18)23(21,22)17-10-3-1-4-11-17/h1,3-4,7-11,14,18H,2,5-6,12-13H2/t18-/m0/s1. The van der Waals surface area contributed by atoms with E-state index in [1.807, 2.05) is 6.07 Å². The molecule has 0 amide bonds. The van der Waals surface area contributed by atoms with Crippen molar-refractivity contribution in [2.45, 2.75) is 36.6 Å². The van der Waals surface area contributed by atoms with E-state index in [-0.39, 0.29) is 11.9 Å². The van der Waals surface area contributed by atoms with Gasteiger partial charge in [-0.05, 0) is 42.7 Å². The van der Waals surface area contributed by atoms with Crippen molar-refractivity contribution in [1.82, 2.24) is 4.31 Å². The zero-order valence-electron chi connectivity index (χ0n) is 12.9. The maximum Gasteiger partial charge on any atom is 0.243 e. The van der Waals surface area contributed by atoms with E-state index in [1.54, 1.807) is 40.7 Å². The molecule has 3 rings (SSSR count). The molecule has 1 heterocycles. The van der Waals surface area contributed by atoms with Crippen molar-refractivity contribution in [3.05, 3.63) is 66.0 Å². The van der Waals surface area contributed by atoms with Gasteiger partial charge in [0.05, 0.1) is 10.9 Å². The van der Waals surface area contributed by atoms with Crippen LogP contribution in [0.15, 0.2) is 59.5 Å². The normalized spacial score (nSPS) is 20.1. The van der Waals surface area contributed by atoms with Crippen molar-refractivity contribution in [3.8, 4) is 0 Å². The highest BCUT2D eigenvalue weighted by Crippen LogP contribution is 2.34. The molecule has 0 unspecified atom stereocenters. The number of benzene rings is 2. The number of halogens is 1. The summed E-state index contributed by atoms with van der Waals surface area (Å²) < 4.78 is 41.2. The van der Waals surface area contributed by atoms with Gasteiger partial charge in [-0.1, -0.05) is 43.2 Å². The van der Waals surface area contributed by atoms with E-state index in [0.717, 1.165) is 31.2 Å². The largest absolute Gasteiger partial charge is 0.243 e. The van der Waals surface area contributed by atoms with Crippen LogP contribution in [0.1, 0.15) is 37.3 Å². The van der Waals surface area contributed by atoms with E-state index in [1.165, 1.54) is 12.1 Å². The number of rotatable bonds is 3. The van der Waals surface area contributed by atoms with Gasteiger partial charge in [-0.2, -0.15) is 4.31 Å². The Hall–Kier alpha value is -1.72. The van der Waals surface area contributed by atoms with Gasteiger partial charge in [-0.25, -0.2) is 12.8 Å². The Balaban J connectivity index is 2.03. The first kappa shape index (κ1) is 16.1. The van der Waals surface area contributed by atoms with E-state index in [2.05, 4.69) is 0 Å². The average Bonchev–Trinajstić information content (AvgIpc) is 2.82. The summed E-state index contributed by atoms with van der Waals surface area (Å²) in [7, 11) is -3.58. The van der Waals surface area contributed by atoms with E-state index in [4.69, 9.17) is 0 Å². The average molecular weight is 333 g/mol. The minimum Gasteiger partial charge on any atom is -0.207 e. The molecule has 1 aliphatic rings. The molecule has 0 spiro atoms. The van der Waals surface area contributed by atoms with Crippen LogP contribution in [0.4, 0.5) is 4.39 Å². The lowest BCUT2D eigenvalue weighted by atomic mass is 10.0. The fourth-order valence-electron chi connectivity index (χ4n) is 3.14. The minimum atomic E-state index is -3.58. The highest BCUT2D eigenvalue weighted by Gasteiger charge is 2.33. The van der Waals surface area contributed by atoms with Gasteiger partial charge in [0.15, 0.2) is 0 Å². The second-order valence-electron chi connectivity index (χ2n) is 5.85. The summed E-state index contributed by atoms with van der Waals surface area (Å²) >= 11 is 0. The van der Waals surface area contributed by atoms with E-state index in [9.17, 15) is 12.8 Å². The van der Waals surface area contributed by atoms with Crippen molar-refractivity contribution < 1.29 is 12.8 Å². The Morgan fingerprint density at radius 1 is 0.957 bits per heavy atom. The second kappa shape index (κ2) is 6.81. The molecule has 1 saturated heterocycles. The van der Waals surface area contributed by atoms with Crippen molar-refractivity contribution >= 4 is 10.0 Å². The molecular weight excluding hydrogens is 313 g/mol. The van der Waals surface area contributed by atoms with Gasteiger partial charge in [0, 0.05) is 6.54 Å². The monoisotopic (exact) mass is 333 g/mol. The lowest BCUT2D eigenvalue weighted by Crippen LogP contribution is -2.34. The van der Waals surface area contributed by atoms with Crippen LogP contribution in [0, 0.1) is 5.82 Å². The smallest absolute Gasteiger partial charge is 0.207 e. The zero-order chi connectivity index (χ0) is 16.3. The summed E-state index contributed by atoms with van der Waals surface area (Å²) in [6.45, 7) is 0.471. The van der Waals surface area contributed by atoms with Gasteiger partial charge in [0.1, 0.15) is 5.82 Å². The Kier molecular flexibility index (Phi) is 4.78. The Bertz CT molecular complexity index is 762. The molecule has 3 nitrogen and oxygen atoms in total. The molecule has 1 aliphatic heterocycles. The van der Waals surface area contributed by atoms with Crippen LogP contribution < -0.4 is 0 Å². The molecule has 0 saturated carbocycles. The van der Waals surface area contributed by atoms with Crippen molar-refractivity contribution in [1.29, 1.82) is 0 Å². The molecule has 0 N–H and O–H groups in total. The highest BCUT2D eigenvalue weighted by molar-refractivity contribution is 7.89. The molecular formula is C18H20FNO2S. The highest BCUT2D eigenvalue weighted by atomic mass is 32.2. The lowest BCUT2D eigenvalue weighted by Gasteiger charge is -2.29. The summed E-state index contributed by atoms with van der Waals surface area (Å²) in [6.07, 6.45) is 3.49. The molecule has 0 bridgehead atoms. The fourth-order valence-corrected chi connectivity index (χ4v) is 4.85. The lowest BCUT2D eigenvalue weighted by molar-refractivity contribution is 0.328. The Morgan fingerprint density at radius 3 is 2.48 bits per heavy atom. The molecule has 2 aromatic carbocycles. The summed E-state index contributed by atoms with van der Waals surface area (Å²) in [5.74, 6) is -0.330. The van der Waals surface area contributed by atoms with Crippen molar-refractivity contribution in [2.75, 3.05) is 6.54 Å². The quantitative estimate of drug-likeness (QED) is 0.847. The maximum atomic E-state index is 13.6. The van der Waals surface area contributed by atoms with Crippen molar-refractivity contribution in [2.24, 2.45) is 0 Å². The van der Waals surface area contributed by atoms with Crippen LogP contribution in [-0.2, 0) is 10.0 Å². The molecule has 0 aliphatic carbocycles. The summed E-state index contributed by atoms with van der Waals surface area (Å²) in [5.41, 5.74) is 0.728. The number of hydrogen-bond donors (Lipinski definition) is 0. The van der Waals surface area contributed by atoms with Crippen LogP contribution in [0.2, 0.25) is 0 Å². The molecule has 0 aromatic heterocycles. The van der Waals surface area contributed by atoms with Gasteiger partial charge in [0.25, 0.3) is 0 Å². The number of sulfonamides is 1. The SMILES string of the molecule is O=S(=O)(c1ccccc1)N1CCCCC[C@H]1c1cccc(F)c1. The third-order valence-corrected chi connectivity index (χ3v) is 6.21. The molecule has 2 aromatic rings. The second-order valence-corrected chi connectivity index (χ2v) is 7.74. The van der Waals surface area contributed by atoms with E-state index in [0.29, 0.717) is 11.4 Å². The Morgan fingerprint density at radius 2 is 1.74 bits per heavy atom. The first-order valence-corrected chi connectivity index (χ1v) is 9.35. The van der Waals surface area contributed by atoms with E-state index < -0.39 is 10.0 Å². The van der Waals surface area contributed by atoms with Gasteiger partial charge in [-0.3, -0.25) is 0 Å². The predicted molar refractivity (Wildman–Crippen MR) is 87.9 cm³/mol. The van der Waals surface area contributed by atoms with Crippen LogP contribution in [0.5, 0.6) is 0 Å². The number of hydrogen-bond acceptors (Lipinski definition) is 2. The summed E-state index contributed by atoms with van der Waals surface area (Å²) in [5, 5.41) is 0. The van der Waals surface area contributed by atoms with Crippen LogP contribution in [-0.4, -0.2) is 19.3 Å². The molecule has 23 heavy (non-hydrogen) atoms. The maximum absolute atomic E-state index is 13.6. The predicted octanol–water partition coefficient (Wildman–Crippen LogP) is 4.13. The third kappa shape index (κ3) is 3.46. The first-order valence-electron chi connectivity index (χ1n) is 7.91. The molecule has 0 radical (unpaired) electrons. The van der Waals surface area contributed by atoms with Gasteiger partial charge < -0.3 is 0 Å². The molecule has 122 valence electrons. The topological polar surface area (TPSA) is 37.4 Å². The minimum absolute atomic E-state index is 0.295. The van der Waals surface area contributed by atoms with Gasteiger partial charge in [0.2, 0.25) is 10.0 Å². The zero-order valence-corrected chi connectivity index (χ0v) is 13.7. The Labute approximate surface area is 136 Å². The van der Waals surface area contributed by atoms with Gasteiger partial charge in [-0.15, -0.1) is 0 Å². The van der Waals surface area contributed by atoms with Crippen LogP contribution >= 0.6 is 0 Å². The molecule has 5 heteroatoms. The summed E-state index contributed by atoms with van der Waals surface area (Å²) in [4.78, 5) is 0.295. The molecule has 1 fully saturated rings. The van der Waals surface area contributed by atoms with Crippen molar-refractivity contribution in [3.63, 3.8) is 0 Å². The number of nitrogens with zero attached hydrogens (tertiary/aromatic N) is 1. The third-order valence-electron chi connectivity index (χ3n) is 4.29. The fraction of sp³-hybridized carbons (Fsp3) is 0.333. The summed E-state index contributed by atoms with van der Waals surface area (Å²) in [6, 6.07) is 14.5. The van der Waals surface area contributed by atoms with E-state index >= 15 is 0 Å². The van der Waals surface area contributed by atoms with Gasteiger partial charge >= 0.3 is 0 Å². The van der Waals surface area contributed by atoms with Crippen LogP contribution in [0.3, 0.4) is 0 Å².